The summed E-state index contributed by atoms with van der Waals surface area (Å²) in [6.07, 6.45) is 11.6. The number of ether oxygens (including phenoxy) is 1. The second-order valence-electron chi connectivity index (χ2n) is 11.8. The number of nitrogens with one attached hydrogen (secondary N) is 1. The summed E-state index contributed by atoms with van der Waals surface area (Å²) in [6, 6.07) is 17.4. The highest BCUT2D eigenvalue weighted by molar-refractivity contribution is 5.97. The zero-order valence-electron chi connectivity index (χ0n) is 24.7. The summed E-state index contributed by atoms with van der Waals surface area (Å²) in [7, 11) is 1.73. The van der Waals surface area contributed by atoms with Gasteiger partial charge in [-0.05, 0) is 57.1 Å². The van der Waals surface area contributed by atoms with E-state index >= 15 is 0 Å². The van der Waals surface area contributed by atoms with Gasteiger partial charge in [0, 0.05) is 66.5 Å². The van der Waals surface area contributed by atoms with E-state index in [0.29, 0.717) is 11.9 Å². The number of nitrogens with zero attached hydrogens (tertiary/aromatic N) is 4. The highest BCUT2D eigenvalue weighted by atomic mass is 16.5. The van der Waals surface area contributed by atoms with Gasteiger partial charge in [0.15, 0.2) is 0 Å². The molecule has 7 heteroatoms. The normalized spacial score (nSPS) is 17.6. The number of hydrogen-bond acceptors (Lipinski definition) is 7. The van der Waals surface area contributed by atoms with E-state index in [1.165, 1.54) is 85.5 Å². The van der Waals surface area contributed by atoms with Crippen LogP contribution in [0, 0.1) is 6.92 Å². The van der Waals surface area contributed by atoms with Crippen molar-refractivity contribution in [1.29, 1.82) is 0 Å². The average Bonchev–Trinajstić information content (AvgIpc) is 3.73. The number of benzene rings is 2. The van der Waals surface area contributed by atoms with Crippen LogP contribution in [0.25, 0.3) is 21.8 Å². The van der Waals surface area contributed by atoms with Gasteiger partial charge in [-0.25, -0.2) is 9.97 Å². The predicted molar refractivity (Wildman–Crippen MR) is 173 cm³/mol. The number of hydrogen-bond donors (Lipinski definition) is 2. The molecule has 0 spiro atoms. The number of aromatic nitrogens is 2. The lowest BCUT2D eigenvalue weighted by atomic mass is 9.95. The molecule has 0 amide bonds. The van der Waals surface area contributed by atoms with Gasteiger partial charge in [-0.3, -0.25) is 0 Å². The van der Waals surface area contributed by atoms with Crippen molar-refractivity contribution in [3.8, 4) is 5.75 Å². The average molecular weight is 553 g/mol. The van der Waals surface area contributed by atoms with Crippen LogP contribution in [0.3, 0.4) is 0 Å². The fourth-order valence-corrected chi connectivity index (χ4v) is 6.73. The fraction of sp³-hybridized carbons (Fsp3) is 0.471. The summed E-state index contributed by atoms with van der Waals surface area (Å²) in [5, 5.41) is 6.12. The van der Waals surface area contributed by atoms with Crippen LogP contribution in [-0.4, -0.2) is 49.3 Å². The fourth-order valence-electron chi connectivity index (χ4n) is 6.73. The second kappa shape index (κ2) is 12.4. The molecule has 3 N–H and O–H groups in total. The molecule has 0 bridgehead atoms. The largest absolute Gasteiger partial charge is 0.494 e. The summed E-state index contributed by atoms with van der Waals surface area (Å²) >= 11 is 0. The summed E-state index contributed by atoms with van der Waals surface area (Å²) < 4.78 is 5.58. The van der Waals surface area contributed by atoms with E-state index in [1.807, 2.05) is 12.1 Å². The molecule has 4 heterocycles. The molecule has 3 aliphatic rings. The quantitative estimate of drug-likeness (QED) is 0.269. The van der Waals surface area contributed by atoms with Gasteiger partial charge < -0.3 is 25.6 Å². The monoisotopic (exact) mass is 552 g/mol. The van der Waals surface area contributed by atoms with Gasteiger partial charge in [-0.15, -0.1) is 0 Å². The Labute approximate surface area is 244 Å². The first-order valence-electron chi connectivity index (χ1n) is 15.5. The maximum Gasteiger partial charge on any atom is 0.145 e. The van der Waals surface area contributed by atoms with Crippen molar-refractivity contribution in [3.05, 3.63) is 54.1 Å². The maximum atomic E-state index is 5.92. The standard InChI is InChI=1S/C20H27N3O.C14H17N3/c1-24-18-11-7-10-16-17(23-12-5-6-13-23)14-19(22-20(16)18)21-15-8-3-2-4-9-15;1-10-5-4-6-11-12(17-7-2-3-8-17)9-13(15)16-14(10)11/h7,10-11,14-15H,2-6,8-9,12-13H2,1H3,(H,21,22);4-6,9H,2-3,7-8H2,1H3,(H2,15,16). The van der Waals surface area contributed by atoms with Crippen molar-refractivity contribution in [2.24, 2.45) is 0 Å². The Kier molecular flexibility index (Phi) is 8.31. The van der Waals surface area contributed by atoms with Gasteiger partial charge in [0.1, 0.15) is 22.9 Å². The number of rotatable bonds is 5. The molecule has 2 aromatic heterocycles. The van der Waals surface area contributed by atoms with Gasteiger partial charge in [-0.1, -0.05) is 49.6 Å². The molecule has 216 valence electrons. The lowest BCUT2D eigenvalue weighted by Gasteiger charge is -2.26. The maximum absolute atomic E-state index is 5.92. The molecule has 41 heavy (non-hydrogen) atoms. The molecule has 2 saturated heterocycles. The number of para-hydroxylation sites is 2. The molecule has 0 unspecified atom stereocenters. The van der Waals surface area contributed by atoms with Crippen LogP contribution in [0.15, 0.2) is 48.5 Å². The number of aryl methyl sites for hydroxylation is 1. The number of methoxy groups -OCH3 is 1. The van der Waals surface area contributed by atoms with Crippen LogP contribution in [-0.2, 0) is 0 Å². The molecule has 4 aromatic rings. The van der Waals surface area contributed by atoms with Crippen LogP contribution in [0.5, 0.6) is 5.75 Å². The molecule has 1 saturated carbocycles. The van der Waals surface area contributed by atoms with E-state index in [9.17, 15) is 0 Å². The number of nitrogen functional groups attached to an aromatic ring is 1. The molecular formula is C34H44N6O. The SMILES string of the molecule is COc1cccc2c(N3CCCC3)cc(NC3CCCCC3)nc12.Cc1cccc2c(N3CCCC3)cc(N)nc12. The van der Waals surface area contributed by atoms with Crippen molar-refractivity contribution >= 4 is 44.8 Å². The first-order chi connectivity index (χ1) is 20.1. The van der Waals surface area contributed by atoms with E-state index < -0.39 is 0 Å². The third kappa shape index (κ3) is 5.99. The molecule has 7 nitrogen and oxygen atoms in total. The molecule has 0 atom stereocenters. The van der Waals surface area contributed by atoms with Crippen molar-refractivity contribution < 1.29 is 4.74 Å². The van der Waals surface area contributed by atoms with Gasteiger partial charge in [0.2, 0.25) is 0 Å². The Balaban J connectivity index is 0.000000156. The van der Waals surface area contributed by atoms with E-state index in [4.69, 9.17) is 15.5 Å². The van der Waals surface area contributed by atoms with E-state index in [-0.39, 0.29) is 0 Å². The van der Waals surface area contributed by atoms with E-state index in [1.54, 1.807) is 7.11 Å². The predicted octanol–water partition coefficient (Wildman–Crippen LogP) is 7.31. The Morgan fingerprint density at radius 3 is 2.02 bits per heavy atom. The number of anilines is 4. The summed E-state index contributed by atoms with van der Waals surface area (Å²) in [5.74, 6) is 2.48. The summed E-state index contributed by atoms with van der Waals surface area (Å²) in [6.45, 7) is 6.62. The summed E-state index contributed by atoms with van der Waals surface area (Å²) in [4.78, 5) is 14.3. The number of nitrogens with two attached hydrogens (primary N) is 1. The minimum absolute atomic E-state index is 0.560. The topological polar surface area (TPSA) is 79.5 Å². The Bertz CT molecular complexity index is 1490. The first kappa shape index (κ1) is 27.4. The van der Waals surface area contributed by atoms with Gasteiger partial charge in [-0.2, -0.15) is 0 Å². The molecule has 2 aliphatic heterocycles. The lowest BCUT2D eigenvalue weighted by molar-refractivity contribution is 0.419. The minimum atomic E-state index is 0.560. The van der Waals surface area contributed by atoms with Crippen molar-refractivity contribution in [1.82, 2.24) is 9.97 Å². The third-order valence-corrected chi connectivity index (χ3v) is 8.89. The number of pyridine rings is 2. The molecule has 3 fully saturated rings. The highest BCUT2D eigenvalue weighted by Gasteiger charge is 2.20. The zero-order chi connectivity index (χ0) is 28.2. The third-order valence-electron chi connectivity index (χ3n) is 8.89. The van der Waals surface area contributed by atoms with Gasteiger partial charge >= 0.3 is 0 Å². The van der Waals surface area contributed by atoms with Crippen LogP contribution in [0.2, 0.25) is 0 Å². The van der Waals surface area contributed by atoms with Crippen LogP contribution < -0.4 is 25.6 Å². The van der Waals surface area contributed by atoms with E-state index in [2.05, 4.69) is 63.4 Å². The Morgan fingerprint density at radius 1 is 0.756 bits per heavy atom. The lowest BCUT2D eigenvalue weighted by Crippen LogP contribution is -2.24. The Hall–Kier alpha value is -3.74. The second-order valence-corrected chi connectivity index (χ2v) is 11.8. The molecule has 1 aliphatic carbocycles. The molecule has 2 aromatic carbocycles. The molecule has 0 radical (unpaired) electrons. The zero-order valence-corrected chi connectivity index (χ0v) is 24.7. The Morgan fingerprint density at radius 2 is 1.37 bits per heavy atom. The highest BCUT2D eigenvalue weighted by Crippen LogP contribution is 2.36. The van der Waals surface area contributed by atoms with Crippen LogP contribution in [0.1, 0.15) is 63.4 Å². The minimum Gasteiger partial charge on any atom is -0.494 e. The molecule has 7 rings (SSSR count). The van der Waals surface area contributed by atoms with Crippen molar-refractivity contribution in [2.45, 2.75) is 70.8 Å². The van der Waals surface area contributed by atoms with Crippen molar-refractivity contribution in [2.75, 3.05) is 54.1 Å². The van der Waals surface area contributed by atoms with E-state index in [0.717, 1.165) is 48.8 Å². The molecular weight excluding hydrogens is 508 g/mol. The van der Waals surface area contributed by atoms with Crippen LogP contribution >= 0.6 is 0 Å². The van der Waals surface area contributed by atoms with Crippen LogP contribution in [0.4, 0.5) is 23.0 Å². The van der Waals surface area contributed by atoms with Gasteiger partial charge in [0.05, 0.1) is 12.6 Å². The van der Waals surface area contributed by atoms with Gasteiger partial charge in [0.25, 0.3) is 0 Å². The summed E-state index contributed by atoms with van der Waals surface area (Å²) in [5.41, 5.74) is 11.7. The van der Waals surface area contributed by atoms with Crippen molar-refractivity contribution in [3.63, 3.8) is 0 Å². The first-order valence-corrected chi connectivity index (χ1v) is 15.5. The number of fused-ring (bicyclic) bond motifs is 2. The smallest absolute Gasteiger partial charge is 0.145 e.